The number of halogens is 2. The van der Waals surface area contributed by atoms with Crippen molar-refractivity contribution < 1.29 is 13.9 Å². The fourth-order valence-corrected chi connectivity index (χ4v) is 1.91. The van der Waals surface area contributed by atoms with Gasteiger partial charge in [0, 0.05) is 19.0 Å². The normalized spacial score (nSPS) is 12.6. The van der Waals surface area contributed by atoms with Crippen LogP contribution in [0.1, 0.15) is 30.7 Å². The molecule has 1 aromatic heterocycles. The summed E-state index contributed by atoms with van der Waals surface area (Å²) in [7, 11) is 0. The number of hydrogen-bond donors (Lipinski definition) is 1. The summed E-state index contributed by atoms with van der Waals surface area (Å²) in [5.41, 5.74) is 0.795. The van der Waals surface area contributed by atoms with Crippen LogP contribution in [0.5, 0.6) is 0 Å². The lowest BCUT2D eigenvalue weighted by molar-refractivity contribution is 0.165. The van der Waals surface area contributed by atoms with Crippen LogP contribution in [0.25, 0.3) is 0 Å². The minimum absolute atomic E-state index is 0.0587. The largest absolute Gasteiger partial charge is 0.386 e. The molecule has 1 atom stereocenters. The maximum Gasteiger partial charge on any atom is 0.129 e. The third kappa shape index (κ3) is 3.14. The Morgan fingerprint density at radius 2 is 2.16 bits per heavy atom. The van der Waals surface area contributed by atoms with Crippen molar-refractivity contribution in [2.24, 2.45) is 0 Å². The minimum atomic E-state index is -0.915. The van der Waals surface area contributed by atoms with Crippen LogP contribution in [-0.2, 0) is 13.0 Å². The highest BCUT2D eigenvalue weighted by Crippen LogP contribution is 2.20. The first-order chi connectivity index (χ1) is 9.11. The molecule has 0 saturated carbocycles. The molecule has 0 aliphatic rings. The van der Waals surface area contributed by atoms with E-state index < -0.39 is 17.7 Å². The molecule has 6 heteroatoms. The number of aliphatic hydroxyl groups excluding tert-OH is 1. The number of aromatic nitrogens is 3. The summed E-state index contributed by atoms with van der Waals surface area (Å²) >= 11 is 0. The molecule has 0 radical (unpaired) electrons. The van der Waals surface area contributed by atoms with Crippen molar-refractivity contribution in [3.63, 3.8) is 0 Å². The van der Waals surface area contributed by atoms with Crippen LogP contribution >= 0.6 is 0 Å². The zero-order chi connectivity index (χ0) is 13.8. The number of rotatable bonds is 5. The monoisotopic (exact) mass is 267 g/mol. The molecule has 1 aromatic carbocycles. The molecule has 1 N–H and O–H groups in total. The van der Waals surface area contributed by atoms with Gasteiger partial charge in [-0.1, -0.05) is 18.2 Å². The van der Waals surface area contributed by atoms with Crippen LogP contribution < -0.4 is 0 Å². The Morgan fingerprint density at radius 1 is 1.37 bits per heavy atom. The number of benzene rings is 1. The van der Waals surface area contributed by atoms with E-state index in [0.717, 1.165) is 12.5 Å². The van der Waals surface area contributed by atoms with Gasteiger partial charge < -0.3 is 5.11 Å². The molecule has 102 valence electrons. The van der Waals surface area contributed by atoms with Gasteiger partial charge in [-0.2, -0.15) is 0 Å². The molecule has 2 aromatic rings. The summed E-state index contributed by atoms with van der Waals surface area (Å²) in [6, 6.07) is 3.32. The van der Waals surface area contributed by atoms with Gasteiger partial charge in [0.05, 0.1) is 11.9 Å². The van der Waals surface area contributed by atoms with Gasteiger partial charge in [0.2, 0.25) is 0 Å². The second-order valence-corrected chi connectivity index (χ2v) is 4.34. The molecule has 1 heterocycles. The summed E-state index contributed by atoms with van der Waals surface area (Å²) in [6.07, 6.45) is 1.46. The average Bonchev–Trinajstić information content (AvgIpc) is 2.81. The fourth-order valence-electron chi connectivity index (χ4n) is 1.91. The van der Waals surface area contributed by atoms with Crippen molar-refractivity contribution in [2.45, 2.75) is 32.4 Å². The Labute approximate surface area is 109 Å². The molecule has 4 nitrogen and oxygen atoms in total. The van der Waals surface area contributed by atoms with Gasteiger partial charge in [-0.05, 0) is 18.1 Å². The van der Waals surface area contributed by atoms with Crippen LogP contribution in [0.4, 0.5) is 8.78 Å². The zero-order valence-electron chi connectivity index (χ0n) is 10.6. The third-order valence-electron chi connectivity index (χ3n) is 2.85. The average molecular weight is 267 g/mol. The van der Waals surface area contributed by atoms with E-state index in [-0.39, 0.29) is 12.0 Å². The van der Waals surface area contributed by atoms with Gasteiger partial charge in [-0.15, -0.1) is 5.10 Å². The second-order valence-electron chi connectivity index (χ2n) is 4.34. The lowest BCUT2D eigenvalue weighted by Gasteiger charge is -2.12. The van der Waals surface area contributed by atoms with E-state index in [2.05, 4.69) is 10.3 Å². The fraction of sp³-hybridized carbons (Fsp3) is 0.385. The van der Waals surface area contributed by atoms with Crippen molar-refractivity contribution in [1.82, 2.24) is 15.0 Å². The molecular formula is C13H15F2N3O. The van der Waals surface area contributed by atoms with E-state index in [0.29, 0.717) is 12.2 Å². The van der Waals surface area contributed by atoms with Gasteiger partial charge in [0.25, 0.3) is 0 Å². The van der Waals surface area contributed by atoms with Crippen molar-refractivity contribution in [3.05, 3.63) is 47.3 Å². The molecule has 0 aliphatic heterocycles. The molecule has 0 bridgehead atoms. The zero-order valence-corrected chi connectivity index (χ0v) is 10.6. The topological polar surface area (TPSA) is 50.9 Å². The molecule has 0 fully saturated rings. The summed E-state index contributed by atoms with van der Waals surface area (Å²) in [4.78, 5) is 0. The summed E-state index contributed by atoms with van der Waals surface area (Å²) < 4.78 is 27.9. The highest BCUT2D eigenvalue weighted by Gasteiger charge is 2.16. The highest BCUT2D eigenvalue weighted by molar-refractivity contribution is 5.20. The minimum Gasteiger partial charge on any atom is -0.386 e. The maximum absolute atomic E-state index is 13.5. The summed E-state index contributed by atoms with van der Waals surface area (Å²) in [6.45, 7) is 2.62. The van der Waals surface area contributed by atoms with E-state index in [1.807, 2.05) is 6.92 Å². The van der Waals surface area contributed by atoms with Crippen LogP contribution in [0.15, 0.2) is 24.4 Å². The van der Waals surface area contributed by atoms with Crippen molar-refractivity contribution in [2.75, 3.05) is 0 Å². The van der Waals surface area contributed by atoms with E-state index >= 15 is 0 Å². The van der Waals surface area contributed by atoms with Gasteiger partial charge in [-0.25, -0.2) is 13.5 Å². The van der Waals surface area contributed by atoms with E-state index in [1.165, 1.54) is 18.3 Å². The van der Waals surface area contributed by atoms with E-state index in [4.69, 9.17) is 0 Å². The summed E-state index contributed by atoms with van der Waals surface area (Å²) in [5, 5.41) is 17.7. The first-order valence-electron chi connectivity index (χ1n) is 6.12. The Hall–Kier alpha value is -1.82. The summed E-state index contributed by atoms with van der Waals surface area (Å²) in [5.74, 6) is -1.29. The maximum atomic E-state index is 13.5. The van der Waals surface area contributed by atoms with Gasteiger partial charge in [-0.3, -0.25) is 0 Å². The molecule has 0 amide bonds. The standard InChI is InChI=1S/C13H15F2N3O/c1-2-5-18-12(8-16-17-18)13(19)6-9-3-4-10(14)7-11(9)15/h3-4,7-8,13,19H,2,5-6H2,1H3. The number of hydrogen-bond acceptors (Lipinski definition) is 3. The molecule has 19 heavy (non-hydrogen) atoms. The molecular weight excluding hydrogens is 252 g/mol. The lowest BCUT2D eigenvalue weighted by atomic mass is 10.1. The van der Waals surface area contributed by atoms with Crippen molar-refractivity contribution >= 4 is 0 Å². The Kier molecular flexibility index (Phi) is 4.21. The molecule has 0 saturated heterocycles. The first-order valence-corrected chi connectivity index (χ1v) is 6.12. The quantitative estimate of drug-likeness (QED) is 0.904. The predicted molar refractivity (Wildman–Crippen MR) is 65.3 cm³/mol. The second kappa shape index (κ2) is 5.88. The van der Waals surface area contributed by atoms with Crippen LogP contribution in [0.2, 0.25) is 0 Å². The highest BCUT2D eigenvalue weighted by atomic mass is 19.1. The first kappa shape index (κ1) is 13.6. The molecule has 1 unspecified atom stereocenters. The number of aliphatic hydroxyl groups is 1. The Balaban J connectivity index is 2.16. The van der Waals surface area contributed by atoms with Gasteiger partial charge in [0.1, 0.15) is 17.7 Å². The number of aryl methyl sites for hydroxylation is 1. The van der Waals surface area contributed by atoms with E-state index in [9.17, 15) is 13.9 Å². The van der Waals surface area contributed by atoms with Crippen LogP contribution in [-0.4, -0.2) is 20.1 Å². The van der Waals surface area contributed by atoms with Crippen LogP contribution in [0, 0.1) is 11.6 Å². The van der Waals surface area contributed by atoms with Gasteiger partial charge in [0.15, 0.2) is 0 Å². The lowest BCUT2D eigenvalue weighted by Crippen LogP contribution is -2.11. The van der Waals surface area contributed by atoms with Gasteiger partial charge >= 0.3 is 0 Å². The molecule has 0 aliphatic carbocycles. The van der Waals surface area contributed by atoms with Crippen molar-refractivity contribution in [1.29, 1.82) is 0 Å². The smallest absolute Gasteiger partial charge is 0.129 e. The molecule has 2 rings (SSSR count). The number of nitrogens with zero attached hydrogens (tertiary/aromatic N) is 3. The van der Waals surface area contributed by atoms with Crippen molar-refractivity contribution in [3.8, 4) is 0 Å². The SMILES string of the molecule is CCCn1nncc1C(O)Cc1ccc(F)cc1F. The molecule has 0 spiro atoms. The third-order valence-corrected chi connectivity index (χ3v) is 2.85. The van der Waals surface area contributed by atoms with E-state index in [1.54, 1.807) is 4.68 Å². The predicted octanol–water partition coefficient (Wildman–Crippen LogP) is 2.24. The van der Waals surface area contributed by atoms with Crippen LogP contribution in [0.3, 0.4) is 0 Å². The Bertz CT molecular complexity index is 557. The Morgan fingerprint density at radius 3 is 2.84 bits per heavy atom.